The Labute approximate surface area is 338 Å². The van der Waals surface area contributed by atoms with E-state index in [1.54, 1.807) is 31.2 Å². The van der Waals surface area contributed by atoms with Gasteiger partial charge in [-0.05, 0) is 98.8 Å². The molecule has 57 heavy (non-hydrogen) atoms. The number of hydrogen-bond donors (Lipinski definition) is 5. The minimum Gasteiger partial charge on any atom is -0.508 e. The first-order chi connectivity index (χ1) is 27.0. The highest BCUT2D eigenvalue weighted by Gasteiger charge is 2.57. The van der Waals surface area contributed by atoms with Crippen LogP contribution in [0.25, 0.3) is 11.1 Å². The molecule has 310 valence electrons. The van der Waals surface area contributed by atoms with Gasteiger partial charge in [0, 0.05) is 61.0 Å². The summed E-state index contributed by atoms with van der Waals surface area (Å²) in [7, 11) is 9.34. The zero-order chi connectivity index (χ0) is 41.3. The van der Waals surface area contributed by atoms with Gasteiger partial charge >= 0.3 is 0 Å². The van der Waals surface area contributed by atoms with Gasteiger partial charge in [0.2, 0.25) is 5.91 Å². The molecule has 5 N–H and O–H groups in total. The van der Waals surface area contributed by atoms with Gasteiger partial charge in [-0.2, -0.15) is 5.06 Å². The number of hydroxylamine groups is 2. The van der Waals surface area contributed by atoms with Crippen molar-refractivity contribution >= 4 is 17.5 Å². The summed E-state index contributed by atoms with van der Waals surface area (Å²) in [6.07, 6.45) is 0.878. The lowest BCUT2D eigenvalue weighted by atomic mass is 9.45. The predicted octanol–water partition coefficient (Wildman–Crippen LogP) is 4.70. The normalized spacial score (nSPS) is 26.4. The number of nitrogens with one attached hydrogen (secondary N) is 2. The fourth-order valence-electron chi connectivity index (χ4n) is 9.81. The predicted molar refractivity (Wildman–Crippen MR) is 222 cm³/mol. The molecule has 2 bridgehead atoms. The quantitative estimate of drug-likeness (QED) is 0.147. The van der Waals surface area contributed by atoms with Gasteiger partial charge in [0.15, 0.2) is 0 Å². The summed E-state index contributed by atoms with van der Waals surface area (Å²) < 4.78 is 6.10. The summed E-state index contributed by atoms with van der Waals surface area (Å²) in [5.41, 5.74) is 4.55. The number of ether oxygens (including phenoxy) is 1. The van der Waals surface area contributed by atoms with Crippen molar-refractivity contribution in [2.75, 3.05) is 53.4 Å². The van der Waals surface area contributed by atoms with E-state index in [2.05, 4.69) is 31.4 Å². The number of rotatable bonds is 15. The van der Waals surface area contributed by atoms with Crippen LogP contribution in [0.1, 0.15) is 62.0 Å². The molecule has 12 heteroatoms. The maximum Gasteiger partial charge on any atom is 0.251 e. The molecule has 3 aromatic rings. The number of hydrogen-bond acceptors (Lipinski definition) is 10. The number of para-hydroxylation sites is 2. The minimum atomic E-state index is -0.915. The van der Waals surface area contributed by atoms with E-state index in [0.717, 1.165) is 34.4 Å². The third-order valence-corrected chi connectivity index (χ3v) is 13.1. The van der Waals surface area contributed by atoms with E-state index in [1.165, 1.54) is 6.42 Å². The SMILES string of the molecule is COc1c(CN2O[C@@H](CO)[C@@H]([C@H](C)O)[C@H]2C(=O)N[C@H]2C[C@@H]3C[C@H]([C@@H]2C)C3(C)C)cccc1-c1cc(C(=O)NC(Cc2ccccc2O)CN(C)C)cc(N(C)C)c1. The molecule has 0 radical (unpaired) electrons. The molecule has 1 saturated heterocycles. The van der Waals surface area contributed by atoms with Gasteiger partial charge in [-0.3, -0.25) is 14.4 Å². The van der Waals surface area contributed by atoms with E-state index in [0.29, 0.717) is 42.0 Å². The van der Waals surface area contributed by atoms with Crippen molar-refractivity contribution in [3.05, 3.63) is 77.4 Å². The molecule has 0 aromatic heterocycles. The van der Waals surface area contributed by atoms with E-state index in [4.69, 9.17) is 9.57 Å². The van der Waals surface area contributed by atoms with Crippen LogP contribution < -0.4 is 20.3 Å². The second-order valence-electron chi connectivity index (χ2n) is 17.7. The van der Waals surface area contributed by atoms with Gasteiger partial charge < -0.3 is 40.5 Å². The number of aliphatic hydroxyl groups is 2. The molecule has 3 aromatic carbocycles. The van der Waals surface area contributed by atoms with Crippen molar-refractivity contribution in [1.29, 1.82) is 0 Å². The van der Waals surface area contributed by atoms with Crippen LogP contribution in [-0.4, -0.2) is 116 Å². The second-order valence-corrected chi connectivity index (χ2v) is 17.7. The van der Waals surface area contributed by atoms with Crippen LogP contribution in [0.2, 0.25) is 0 Å². The van der Waals surface area contributed by atoms with Gasteiger partial charge in [-0.25, -0.2) is 0 Å². The molecule has 3 saturated carbocycles. The molecule has 0 spiro atoms. The van der Waals surface area contributed by atoms with Crippen LogP contribution in [0.4, 0.5) is 5.69 Å². The molecule has 12 nitrogen and oxygen atoms in total. The van der Waals surface area contributed by atoms with Gasteiger partial charge in [0.1, 0.15) is 23.6 Å². The summed E-state index contributed by atoms with van der Waals surface area (Å²) in [5.74, 6) is 1.05. The topological polar surface area (TPSA) is 147 Å². The summed E-state index contributed by atoms with van der Waals surface area (Å²) in [6.45, 7) is 8.90. The smallest absolute Gasteiger partial charge is 0.251 e. The Kier molecular flexibility index (Phi) is 12.9. The summed E-state index contributed by atoms with van der Waals surface area (Å²) >= 11 is 0. The Bertz CT molecular complexity index is 1900. The standard InChI is InChI=1S/C45H63N5O7/c1-26-36-21-32(45(36,3)4)22-37(26)47-44(55)41-40(27(2)52)39(25-51)57-50(41)23-29-14-12-15-35(42(29)56-9)30-17-31(20-34(19-30)49(7)8)43(54)46-33(24-48(5)6)18-28-13-10-11-16-38(28)53/h10-17,19-20,26-27,32-33,36-37,39-41,51-53H,18,21-25H2,1-9H3,(H,46,54)(H,47,55)/t26-,27-,32-,33?,36+,37-,39-,40+,41-/m0/s1. The number of carbonyl (C=O) groups is 2. The number of aliphatic hydroxyl groups excluding tert-OH is 2. The zero-order valence-corrected chi connectivity index (χ0v) is 35.0. The molecule has 1 heterocycles. The number of fused-ring (bicyclic) bond motifs is 2. The number of aromatic hydroxyl groups is 1. The first-order valence-corrected chi connectivity index (χ1v) is 20.3. The summed E-state index contributed by atoms with van der Waals surface area (Å²) in [4.78, 5) is 38.6. The van der Waals surface area contributed by atoms with E-state index in [9.17, 15) is 24.9 Å². The van der Waals surface area contributed by atoms with Crippen LogP contribution in [0.3, 0.4) is 0 Å². The van der Waals surface area contributed by atoms with Crippen LogP contribution in [0, 0.1) is 29.1 Å². The van der Waals surface area contributed by atoms with Crippen molar-refractivity contribution in [1.82, 2.24) is 20.6 Å². The van der Waals surface area contributed by atoms with E-state index < -0.39 is 24.2 Å². The lowest BCUT2D eigenvalue weighted by molar-refractivity contribution is -0.183. The Morgan fingerprint density at radius 3 is 2.37 bits per heavy atom. The molecular weight excluding hydrogens is 723 g/mol. The third kappa shape index (κ3) is 8.80. The lowest BCUT2D eigenvalue weighted by Crippen LogP contribution is -2.62. The molecule has 4 aliphatic rings. The van der Waals surface area contributed by atoms with Crippen molar-refractivity contribution in [3.63, 3.8) is 0 Å². The number of nitrogens with zero attached hydrogens (tertiary/aromatic N) is 3. The fraction of sp³-hybridized carbons (Fsp3) is 0.556. The molecule has 9 atom stereocenters. The second kappa shape index (κ2) is 17.3. The van der Waals surface area contributed by atoms with E-state index in [-0.39, 0.29) is 48.2 Å². The molecule has 7 rings (SSSR count). The van der Waals surface area contributed by atoms with Gasteiger partial charge in [0.25, 0.3) is 5.91 Å². The highest BCUT2D eigenvalue weighted by atomic mass is 16.7. The van der Waals surface area contributed by atoms with Crippen molar-refractivity contribution in [2.24, 2.45) is 29.1 Å². The first kappa shape index (κ1) is 42.4. The monoisotopic (exact) mass is 785 g/mol. The minimum absolute atomic E-state index is 0.0239. The van der Waals surface area contributed by atoms with Crippen molar-refractivity contribution < 1.29 is 34.5 Å². The molecule has 1 unspecified atom stereocenters. The highest BCUT2D eigenvalue weighted by Crippen LogP contribution is 2.61. The number of amides is 2. The maximum absolute atomic E-state index is 14.3. The maximum atomic E-state index is 14.3. The Balaban J connectivity index is 1.29. The molecule has 3 aliphatic carbocycles. The van der Waals surface area contributed by atoms with Gasteiger partial charge in [-0.1, -0.05) is 57.2 Å². The summed E-state index contributed by atoms with van der Waals surface area (Å²) in [5, 5.41) is 40.0. The van der Waals surface area contributed by atoms with Crippen LogP contribution in [-0.2, 0) is 22.6 Å². The van der Waals surface area contributed by atoms with Crippen LogP contribution >= 0.6 is 0 Å². The average molecular weight is 786 g/mol. The largest absolute Gasteiger partial charge is 0.508 e. The first-order valence-electron chi connectivity index (χ1n) is 20.3. The number of phenolic OH excluding ortho intramolecular Hbond substituents is 1. The number of carbonyl (C=O) groups excluding carboxylic acids is 2. The average Bonchev–Trinajstić information content (AvgIpc) is 3.54. The van der Waals surface area contributed by atoms with Crippen molar-refractivity contribution in [3.8, 4) is 22.6 Å². The third-order valence-electron chi connectivity index (χ3n) is 13.1. The van der Waals surface area contributed by atoms with Crippen LogP contribution in [0.5, 0.6) is 11.5 Å². The van der Waals surface area contributed by atoms with E-state index in [1.807, 2.05) is 86.5 Å². The van der Waals surface area contributed by atoms with Crippen LogP contribution in [0.15, 0.2) is 60.7 Å². The van der Waals surface area contributed by atoms with Crippen molar-refractivity contribution in [2.45, 2.75) is 83.8 Å². The Morgan fingerprint density at radius 2 is 1.75 bits per heavy atom. The number of phenols is 1. The van der Waals surface area contributed by atoms with E-state index >= 15 is 0 Å². The lowest BCUT2D eigenvalue weighted by Gasteiger charge is -2.62. The number of likely N-dealkylation sites (N-methyl/N-ethyl adjacent to an activating group) is 1. The zero-order valence-electron chi connectivity index (χ0n) is 35.0. The Hall–Kier alpha value is -4.20. The fourth-order valence-corrected chi connectivity index (χ4v) is 9.81. The summed E-state index contributed by atoms with van der Waals surface area (Å²) in [6, 6.07) is 17.5. The van der Waals surface area contributed by atoms with Gasteiger partial charge in [0.05, 0.1) is 26.4 Å². The highest BCUT2D eigenvalue weighted by molar-refractivity contribution is 5.97. The van der Waals surface area contributed by atoms with Gasteiger partial charge in [-0.15, -0.1) is 0 Å². The molecule has 1 aliphatic heterocycles. The molecule has 2 amide bonds. The molecule has 4 fully saturated rings. The number of anilines is 1. The number of benzene rings is 3. The molecular formula is C45H63N5O7. The Morgan fingerprint density at radius 1 is 1.04 bits per heavy atom. The number of methoxy groups -OCH3 is 1.